The van der Waals surface area contributed by atoms with E-state index in [0.29, 0.717) is 11.4 Å². The molecule has 0 aromatic heterocycles. The lowest BCUT2D eigenvalue weighted by molar-refractivity contribution is -0.119. The summed E-state index contributed by atoms with van der Waals surface area (Å²) in [6.45, 7) is 2.15. The number of carbonyl (C=O) groups excluding carboxylic acids is 2. The zero-order valence-corrected chi connectivity index (χ0v) is 16.9. The van der Waals surface area contributed by atoms with Gasteiger partial charge in [0.1, 0.15) is 5.75 Å². The van der Waals surface area contributed by atoms with E-state index in [4.69, 9.17) is 4.74 Å². The van der Waals surface area contributed by atoms with Crippen LogP contribution in [0, 0.1) is 6.92 Å². The number of hydrogen-bond donors (Lipinski definition) is 2. The number of ether oxygens (including phenoxy) is 1. The molecule has 144 valence electrons. The molecule has 0 saturated heterocycles. The van der Waals surface area contributed by atoms with Crippen LogP contribution in [0.4, 0.5) is 11.4 Å². The van der Waals surface area contributed by atoms with Crippen LogP contribution >= 0.6 is 11.8 Å². The highest BCUT2D eigenvalue weighted by atomic mass is 32.2. The third-order valence-corrected chi connectivity index (χ3v) is 4.63. The van der Waals surface area contributed by atoms with Gasteiger partial charge in [0, 0.05) is 4.90 Å². The molecule has 0 unspecified atom stereocenters. The van der Waals surface area contributed by atoms with Crippen LogP contribution in [-0.4, -0.2) is 50.2 Å². The van der Waals surface area contributed by atoms with Gasteiger partial charge in [-0.1, -0.05) is 18.2 Å². The maximum Gasteiger partial charge on any atom is 0.238 e. The minimum absolute atomic E-state index is 0.0920. The van der Waals surface area contributed by atoms with Crippen molar-refractivity contribution in [3.63, 3.8) is 0 Å². The molecule has 27 heavy (non-hydrogen) atoms. The average Bonchev–Trinajstić information content (AvgIpc) is 2.62. The van der Waals surface area contributed by atoms with Gasteiger partial charge in [-0.05, 0) is 50.1 Å². The monoisotopic (exact) mass is 387 g/mol. The number of nitrogens with one attached hydrogen (secondary N) is 2. The second-order valence-corrected chi connectivity index (χ2v) is 7.02. The fraction of sp³-hybridized carbons (Fsp3) is 0.300. The Hall–Kier alpha value is -2.51. The van der Waals surface area contributed by atoms with Crippen LogP contribution in [0.1, 0.15) is 5.56 Å². The van der Waals surface area contributed by atoms with Gasteiger partial charge in [0.15, 0.2) is 0 Å². The highest BCUT2D eigenvalue weighted by molar-refractivity contribution is 7.98. The Kier molecular flexibility index (Phi) is 7.69. The van der Waals surface area contributed by atoms with Gasteiger partial charge in [0.2, 0.25) is 11.8 Å². The van der Waals surface area contributed by atoms with E-state index in [1.165, 1.54) is 0 Å². The molecule has 0 aliphatic heterocycles. The molecule has 2 aromatic carbocycles. The number of anilines is 2. The molecule has 0 atom stereocenters. The van der Waals surface area contributed by atoms with Crippen LogP contribution in [0.3, 0.4) is 0 Å². The van der Waals surface area contributed by atoms with E-state index in [0.717, 1.165) is 16.1 Å². The molecule has 0 radical (unpaired) electrons. The summed E-state index contributed by atoms with van der Waals surface area (Å²) in [5.41, 5.74) is 2.41. The van der Waals surface area contributed by atoms with E-state index in [9.17, 15) is 9.59 Å². The van der Waals surface area contributed by atoms with Crippen LogP contribution in [-0.2, 0) is 9.59 Å². The Balaban J connectivity index is 1.89. The van der Waals surface area contributed by atoms with E-state index < -0.39 is 0 Å². The lowest BCUT2D eigenvalue weighted by Crippen LogP contribution is -2.36. The number of rotatable bonds is 8. The second kappa shape index (κ2) is 9.99. The normalized spacial score (nSPS) is 10.6. The van der Waals surface area contributed by atoms with Gasteiger partial charge in [-0.25, -0.2) is 0 Å². The Morgan fingerprint density at radius 3 is 2.30 bits per heavy atom. The molecule has 2 rings (SSSR count). The van der Waals surface area contributed by atoms with Crippen LogP contribution in [0.2, 0.25) is 0 Å². The molecule has 0 heterocycles. The number of carbonyl (C=O) groups is 2. The summed E-state index contributed by atoms with van der Waals surface area (Å²) >= 11 is 1.57. The number of likely N-dealkylation sites (N-methyl/N-ethyl adjacent to an activating group) is 1. The first-order chi connectivity index (χ1) is 12.9. The largest absolute Gasteiger partial charge is 0.495 e. The predicted molar refractivity (Wildman–Crippen MR) is 111 cm³/mol. The van der Waals surface area contributed by atoms with E-state index in [1.54, 1.807) is 30.8 Å². The van der Waals surface area contributed by atoms with Crippen molar-refractivity contribution in [2.24, 2.45) is 0 Å². The molecule has 2 amide bonds. The van der Waals surface area contributed by atoms with Gasteiger partial charge in [0.05, 0.1) is 31.6 Å². The van der Waals surface area contributed by atoms with Crippen molar-refractivity contribution in [1.29, 1.82) is 0 Å². The average molecular weight is 388 g/mol. The third kappa shape index (κ3) is 6.30. The van der Waals surface area contributed by atoms with Crippen molar-refractivity contribution in [1.82, 2.24) is 4.90 Å². The molecule has 7 heteroatoms. The lowest BCUT2D eigenvalue weighted by atomic mass is 10.2. The number of nitrogens with zero attached hydrogens (tertiary/aromatic N) is 1. The van der Waals surface area contributed by atoms with Gasteiger partial charge >= 0.3 is 0 Å². The van der Waals surface area contributed by atoms with E-state index in [1.807, 2.05) is 55.6 Å². The van der Waals surface area contributed by atoms with Crippen molar-refractivity contribution in [2.45, 2.75) is 11.8 Å². The predicted octanol–water partition coefficient (Wildman–Crippen LogP) is 3.23. The van der Waals surface area contributed by atoms with Crippen LogP contribution in [0.15, 0.2) is 47.4 Å². The van der Waals surface area contributed by atoms with E-state index in [2.05, 4.69) is 10.6 Å². The standard InChI is InChI=1S/C20H25N3O3S/c1-14-9-10-17(26-3)16(11-14)22-20(25)13-23(2)12-19(24)21-15-7-5-6-8-18(15)27-4/h5-11H,12-13H2,1-4H3,(H,21,24)(H,22,25). The number of thioether (sulfide) groups is 1. The van der Waals surface area contributed by atoms with Gasteiger partial charge in [-0.15, -0.1) is 11.8 Å². The maximum atomic E-state index is 12.3. The van der Waals surface area contributed by atoms with E-state index >= 15 is 0 Å². The molecular weight excluding hydrogens is 362 g/mol. The number of para-hydroxylation sites is 1. The molecule has 0 bridgehead atoms. The summed E-state index contributed by atoms with van der Waals surface area (Å²) in [6.07, 6.45) is 1.96. The van der Waals surface area contributed by atoms with Crippen molar-refractivity contribution < 1.29 is 14.3 Å². The van der Waals surface area contributed by atoms with Crippen molar-refractivity contribution in [2.75, 3.05) is 44.1 Å². The summed E-state index contributed by atoms with van der Waals surface area (Å²) in [4.78, 5) is 27.2. The number of benzene rings is 2. The first-order valence-corrected chi connectivity index (χ1v) is 9.71. The summed E-state index contributed by atoms with van der Waals surface area (Å²) < 4.78 is 5.26. The zero-order chi connectivity index (χ0) is 19.8. The smallest absolute Gasteiger partial charge is 0.238 e. The van der Waals surface area contributed by atoms with E-state index in [-0.39, 0.29) is 24.9 Å². The van der Waals surface area contributed by atoms with Crippen LogP contribution in [0.25, 0.3) is 0 Å². The lowest BCUT2D eigenvalue weighted by Gasteiger charge is -2.17. The third-order valence-electron chi connectivity index (χ3n) is 3.84. The molecule has 0 aliphatic rings. The molecule has 0 saturated carbocycles. The first kappa shape index (κ1) is 20.8. The van der Waals surface area contributed by atoms with Gasteiger partial charge < -0.3 is 15.4 Å². The molecule has 0 spiro atoms. The van der Waals surface area contributed by atoms with Gasteiger partial charge in [0.25, 0.3) is 0 Å². The fourth-order valence-electron chi connectivity index (χ4n) is 2.59. The summed E-state index contributed by atoms with van der Waals surface area (Å²) in [6, 6.07) is 13.2. The van der Waals surface area contributed by atoms with Crippen LogP contribution < -0.4 is 15.4 Å². The number of aryl methyl sites for hydroxylation is 1. The fourth-order valence-corrected chi connectivity index (χ4v) is 3.15. The number of hydrogen-bond acceptors (Lipinski definition) is 5. The molecule has 0 aliphatic carbocycles. The number of amides is 2. The van der Waals surface area contributed by atoms with Gasteiger partial charge in [-0.2, -0.15) is 0 Å². The zero-order valence-electron chi connectivity index (χ0n) is 16.0. The van der Waals surface area contributed by atoms with Gasteiger partial charge in [-0.3, -0.25) is 14.5 Å². The summed E-state index contributed by atoms with van der Waals surface area (Å²) in [7, 11) is 3.29. The first-order valence-electron chi connectivity index (χ1n) is 8.49. The topological polar surface area (TPSA) is 70.7 Å². The highest BCUT2D eigenvalue weighted by Gasteiger charge is 2.14. The minimum atomic E-state index is -0.210. The number of methoxy groups -OCH3 is 1. The Morgan fingerprint density at radius 2 is 1.67 bits per heavy atom. The SMILES string of the molecule is COc1ccc(C)cc1NC(=O)CN(C)CC(=O)Nc1ccccc1SC. The highest BCUT2D eigenvalue weighted by Crippen LogP contribution is 2.25. The molecule has 0 fully saturated rings. The summed E-state index contributed by atoms with van der Waals surface area (Å²) in [5, 5.41) is 5.72. The molecular formula is C20H25N3O3S. The summed E-state index contributed by atoms with van der Waals surface area (Å²) in [5.74, 6) is 0.224. The van der Waals surface area contributed by atoms with Crippen molar-refractivity contribution in [3.05, 3.63) is 48.0 Å². The molecule has 6 nitrogen and oxygen atoms in total. The maximum absolute atomic E-state index is 12.3. The minimum Gasteiger partial charge on any atom is -0.495 e. The molecule has 2 N–H and O–H groups in total. The Morgan fingerprint density at radius 1 is 1.04 bits per heavy atom. The second-order valence-electron chi connectivity index (χ2n) is 6.17. The quantitative estimate of drug-likeness (QED) is 0.681. The Bertz CT molecular complexity index is 811. The van der Waals surface area contributed by atoms with Crippen LogP contribution in [0.5, 0.6) is 5.75 Å². The van der Waals surface area contributed by atoms with Crippen molar-refractivity contribution in [3.8, 4) is 5.75 Å². The molecule has 2 aromatic rings. The Labute approximate surface area is 164 Å². The van der Waals surface area contributed by atoms with Crippen molar-refractivity contribution >= 4 is 35.0 Å².